The summed E-state index contributed by atoms with van der Waals surface area (Å²) in [5.74, 6) is 0.151. The SMILES string of the molecule is CC1(C)CN2CCN(C(=O)c3ccccc3)CC2c2ccccc21. The molecule has 3 heteroatoms. The molecule has 124 valence electrons. The first-order chi connectivity index (χ1) is 11.6. The predicted molar refractivity (Wildman–Crippen MR) is 96.1 cm³/mol. The number of benzene rings is 2. The van der Waals surface area contributed by atoms with Crippen LogP contribution in [0.2, 0.25) is 0 Å². The zero-order chi connectivity index (χ0) is 16.7. The number of piperazine rings is 1. The van der Waals surface area contributed by atoms with Gasteiger partial charge in [-0.2, -0.15) is 0 Å². The molecule has 0 radical (unpaired) electrons. The van der Waals surface area contributed by atoms with E-state index in [1.165, 1.54) is 11.1 Å². The lowest BCUT2D eigenvalue weighted by atomic mass is 9.75. The molecule has 1 saturated heterocycles. The zero-order valence-electron chi connectivity index (χ0n) is 14.4. The Morgan fingerprint density at radius 1 is 1.00 bits per heavy atom. The first-order valence-corrected chi connectivity index (χ1v) is 8.74. The van der Waals surface area contributed by atoms with Crippen LogP contribution in [-0.2, 0) is 5.41 Å². The van der Waals surface area contributed by atoms with Gasteiger partial charge in [0.25, 0.3) is 5.91 Å². The summed E-state index contributed by atoms with van der Waals surface area (Å²) in [5, 5.41) is 0. The van der Waals surface area contributed by atoms with Gasteiger partial charge >= 0.3 is 0 Å². The van der Waals surface area contributed by atoms with Gasteiger partial charge in [0.2, 0.25) is 0 Å². The van der Waals surface area contributed by atoms with E-state index in [0.717, 1.165) is 31.7 Å². The third-order valence-electron chi connectivity index (χ3n) is 5.45. The molecule has 0 aliphatic carbocycles. The Bertz CT molecular complexity index is 753. The smallest absolute Gasteiger partial charge is 0.253 e. The van der Waals surface area contributed by atoms with Crippen molar-refractivity contribution in [2.24, 2.45) is 0 Å². The Labute approximate surface area is 143 Å². The highest BCUT2D eigenvalue weighted by Crippen LogP contribution is 2.41. The number of carbonyl (C=O) groups is 1. The highest BCUT2D eigenvalue weighted by molar-refractivity contribution is 5.94. The summed E-state index contributed by atoms with van der Waals surface area (Å²) >= 11 is 0. The third kappa shape index (κ3) is 2.53. The second kappa shape index (κ2) is 5.75. The molecule has 0 bridgehead atoms. The minimum absolute atomic E-state index is 0.151. The zero-order valence-corrected chi connectivity index (χ0v) is 14.4. The van der Waals surface area contributed by atoms with Crippen molar-refractivity contribution in [3.63, 3.8) is 0 Å². The monoisotopic (exact) mass is 320 g/mol. The summed E-state index contributed by atoms with van der Waals surface area (Å²) < 4.78 is 0. The molecule has 3 nitrogen and oxygen atoms in total. The van der Waals surface area contributed by atoms with Gasteiger partial charge in [0, 0.05) is 37.2 Å². The first kappa shape index (κ1) is 15.4. The average molecular weight is 320 g/mol. The Hall–Kier alpha value is -2.13. The molecular weight excluding hydrogens is 296 g/mol. The molecule has 1 unspecified atom stereocenters. The van der Waals surface area contributed by atoms with Crippen LogP contribution in [-0.4, -0.2) is 41.9 Å². The van der Waals surface area contributed by atoms with Crippen molar-refractivity contribution in [1.29, 1.82) is 0 Å². The van der Waals surface area contributed by atoms with Gasteiger partial charge in [-0.1, -0.05) is 56.3 Å². The Balaban J connectivity index is 1.64. The van der Waals surface area contributed by atoms with E-state index >= 15 is 0 Å². The molecule has 0 N–H and O–H groups in total. The fourth-order valence-corrected chi connectivity index (χ4v) is 4.25. The maximum absolute atomic E-state index is 12.8. The summed E-state index contributed by atoms with van der Waals surface area (Å²) in [6, 6.07) is 18.7. The van der Waals surface area contributed by atoms with Crippen LogP contribution < -0.4 is 0 Å². The number of rotatable bonds is 1. The average Bonchev–Trinajstić information content (AvgIpc) is 2.61. The number of fused-ring (bicyclic) bond motifs is 3. The predicted octanol–water partition coefficient (Wildman–Crippen LogP) is 3.48. The van der Waals surface area contributed by atoms with E-state index in [1.807, 2.05) is 35.2 Å². The number of hydrogen-bond donors (Lipinski definition) is 0. The van der Waals surface area contributed by atoms with Crippen molar-refractivity contribution in [3.05, 3.63) is 71.3 Å². The lowest BCUT2D eigenvalue weighted by molar-refractivity contribution is 0.0359. The Morgan fingerprint density at radius 2 is 1.71 bits per heavy atom. The fraction of sp³-hybridized carbons (Fsp3) is 0.381. The molecule has 2 heterocycles. The standard InChI is InChI=1S/C21H24N2O/c1-21(2)15-23-13-12-22(20(24)16-8-4-3-5-9-16)14-19(23)17-10-6-7-11-18(17)21/h3-11,19H,12-15H2,1-2H3. The number of hydrogen-bond acceptors (Lipinski definition) is 2. The van der Waals surface area contributed by atoms with Crippen LogP contribution in [0.3, 0.4) is 0 Å². The molecule has 4 rings (SSSR count). The molecule has 2 aromatic carbocycles. The van der Waals surface area contributed by atoms with Crippen LogP contribution >= 0.6 is 0 Å². The molecule has 1 amide bonds. The maximum atomic E-state index is 12.8. The van der Waals surface area contributed by atoms with Gasteiger partial charge < -0.3 is 4.90 Å². The first-order valence-electron chi connectivity index (χ1n) is 8.74. The summed E-state index contributed by atoms with van der Waals surface area (Å²) in [5.41, 5.74) is 3.77. The third-order valence-corrected chi connectivity index (χ3v) is 5.45. The quantitative estimate of drug-likeness (QED) is 0.803. The van der Waals surface area contributed by atoms with E-state index in [4.69, 9.17) is 0 Å². The van der Waals surface area contributed by atoms with Crippen LogP contribution in [0, 0.1) is 0 Å². The van der Waals surface area contributed by atoms with Gasteiger partial charge in [-0.25, -0.2) is 0 Å². The van der Waals surface area contributed by atoms with Crippen molar-refractivity contribution in [1.82, 2.24) is 9.80 Å². The van der Waals surface area contributed by atoms with Crippen LogP contribution in [0.5, 0.6) is 0 Å². The molecule has 2 aliphatic heterocycles. The highest BCUT2D eigenvalue weighted by Gasteiger charge is 2.40. The molecule has 1 atom stereocenters. The van der Waals surface area contributed by atoms with Gasteiger partial charge in [-0.3, -0.25) is 9.69 Å². The topological polar surface area (TPSA) is 23.6 Å². The van der Waals surface area contributed by atoms with Crippen molar-refractivity contribution in [2.75, 3.05) is 26.2 Å². The van der Waals surface area contributed by atoms with Gasteiger partial charge in [0.05, 0.1) is 6.04 Å². The van der Waals surface area contributed by atoms with Gasteiger partial charge in [0.1, 0.15) is 0 Å². The van der Waals surface area contributed by atoms with Crippen molar-refractivity contribution < 1.29 is 4.79 Å². The van der Waals surface area contributed by atoms with Gasteiger partial charge in [-0.15, -0.1) is 0 Å². The highest BCUT2D eigenvalue weighted by atomic mass is 16.2. The van der Waals surface area contributed by atoms with Crippen LogP contribution in [0.4, 0.5) is 0 Å². The molecule has 2 aliphatic rings. The van der Waals surface area contributed by atoms with Crippen molar-refractivity contribution >= 4 is 5.91 Å². The minimum atomic E-state index is 0.151. The van der Waals surface area contributed by atoms with Crippen molar-refractivity contribution in [2.45, 2.75) is 25.3 Å². The summed E-state index contributed by atoms with van der Waals surface area (Å²) in [7, 11) is 0. The number of nitrogens with zero attached hydrogens (tertiary/aromatic N) is 2. The molecule has 0 spiro atoms. The molecule has 0 saturated carbocycles. The van der Waals surface area contributed by atoms with Crippen LogP contribution in [0.1, 0.15) is 41.4 Å². The number of amides is 1. The van der Waals surface area contributed by atoms with E-state index in [1.54, 1.807) is 0 Å². The van der Waals surface area contributed by atoms with Crippen molar-refractivity contribution in [3.8, 4) is 0 Å². The summed E-state index contributed by atoms with van der Waals surface area (Å²) in [4.78, 5) is 17.4. The van der Waals surface area contributed by atoms with Gasteiger partial charge in [0.15, 0.2) is 0 Å². The number of carbonyl (C=O) groups excluding carboxylic acids is 1. The fourth-order valence-electron chi connectivity index (χ4n) is 4.25. The molecule has 1 fully saturated rings. The van der Waals surface area contributed by atoms with Crippen LogP contribution in [0.25, 0.3) is 0 Å². The molecule has 0 aromatic heterocycles. The van der Waals surface area contributed by atoms with Crippen LogP contribution in [0.15, 0.2) is 54.6 Å². The lowest BCUT2D eigenvalue weighted by Crippen LogP contribution is -2.55. The summed E-state index contributed by atoms with van der Waals surface area (Å²) in [6.07, 6.45) is 0. The lowest BCUT2D eigenvalue weighted by Gasteiger charge is -2.50. The Morgan fingerprint density at radius 3 is 2.50 bits per heavy atom. The van der Waals surface area contributed by atoms with Gasteiger partial charge in [-0.05, 0) is 23.3 Å². The minimum Gasteiger partial charge on any atom is -0.335 e. The second-order valence-electron chi connectivity index (χ2n) is 7.57. The largest absolute Gasteiger partial charge is 0.335 e. The van der Waals surface area contributed by atoms with E-state index in [2.05, 4.69) is 43.0 Å². The second-order valence-corrected chi connectivity index (χ2v) is 7.57. The van der Waals surface area contributed by atoms with E-state index in [9.17, 15) is 4.79 Å². The van der Waals surface area contributed by atoms with E-state index < -0.39 is 0 Å². The van der Waals surface area contributed by atoms with E-state index in [-0.39, 0.29) is 11.3 Å². The van der Waals surface area contributed by atoms with E-state index in [0.29, 0.717) is 6.04 Å². The maximum Gasteiger partial charge on any atom is 0.253 e. The molecule has 24 heavy (non-hydrogen) atoms. The molecular formula is C21H24N2O. The summed E-state index contributed by atoms with van der Waals surface area (Å²) in [6.45, 7) is 8.24. The Kier molecular flexibility index (Phi) is 3.69. The molecule has 2 aromatic rings. The normalized spacial score (nSPS) is 22.6.